The molecule has 2 nitrogen and oxygen atoms in total. The highest BCUT2D eigenvalue weighted by atomic mass is 15.2. The van der Waals surface area contributed by atoms with E-state index in [9.17, 15) is 0 Å². The fourth-order valence-electron chi connectivity index (χ4n) is 2.69. The minimum absolute atomic E-state index is 0.255. The Balaban J connectivity index is 4.84. The Hall–Kier alpha value is -0.0800. The van der Waals surface area contributed by atoms with Crippen molar-refractivity contribution >= 4 is 0 Å². The Labute approximate surface area is 103 Å². The van der Waals surface area contributed by atoms with Gasteiger partial charge in [0.25, 0.3) is 0 Å². The van der Waals surface area contributed by atoms with Crippen LogP contribution in [-0.2, 0) is 0 Å². The van der Waals surface area contributed by atoms with E-state index < -0.39 is 0 Å². The van der Waals surface area contributed by atoms with Gasteiger partial charge in [-0.3, -0.25) is 0 Å². The lowest BCUT2D eigenvalue weighted by Gasteiger charge is -2.46. The first-order valence-corrected chi connectivity index (χ1v) is 6.84. The number of rotatable bonds is 8. The maximum absolute atomic E-state index is 3.70. The molecule has 0 aliphatic heterocycles. The van der Waals surface area contributed by atoms with Gasteiger partial charge in [0.05, 0.1) is 0 Å². The summed E-state index contributed by atoms with van der Waals surface area (Å²) >= 11 is 0. The number of hydrogen-bond acceptors (Lipinski definition) is 2. The van der Waals surface area contributed by atoms with Crippen molar-refractivity contribution < 1.29 is 0 Å². The van der Waals surface area contributed by atoms with Crippen molar-refractivity contribution in [3.63, 3.8) is 0 Å². The lowest BCUT2D eigenvalue weighted by molar-refractivity contribution is 0.0829. The molecular formula is C14H32N2. The third-order valence-corrected chi connectivity index (χ3v) is 4.14. The van der Waals surface area contributed by atoms with E-state index in [2.05, 4.69) is 58.9 Å². The molecule has 2 heteroatoms. The molecular weight excluding hydrogens is 196 g/mol. The molecule has 0 aromatic heterocycles. The molecule has 98 valence electrons. The van der Waals surface area contributed by atoms with Gasteiger partial charge in [0.1, 0.15) is 0 Å². The number of nitrogens with one attached hydrogen (secondary N) is 1. The van der Waals surface area contributed by atoms with Crippen molar-refractivity contribution in [3.8, 4) is 0 Å². The summed E-state index contributed by atoms with van der Waals surface area (Å²) in [4.78, 5) is 2.38. The van der Waals surface area contributed by atoms with Crippen LogP contribution in [0, 0.1) is 5.92 Å². The van der Waals surface area contributed by atoms with Gasteiger partial charge in [0.2, 0.25) is 0 Å². The summed E-state index contributed by atoms with van der Waals surface area (Å²) in [6, 6.07) is 0.581. The second-order valence-electron chi connectivity index (χ2n) is 5.41. The highest BCUT2D eigenvalue weighted by molar-refractivity contribution is 4.96. The van der Waals surface area contributed by atoms with Gasteiger partial charge in [-0.25, -0.2) is 0 Å². The molecule has 0 radical (unpaired) electrons. The predicted octanol–water partition coefficient (Wildman–Crippen LogP) is 3.13. The number of nitrogens with zero attached hydrogens (tertiary/aromatic N) is 1. The van der Waals surface area contributed by atoms with Crippen molar-refractivity contribution in [2.75, 3.05) is 20.6 Å². The van der Waals surface area contributed by atoms with E-state index in [4.69, 9.17) is 0 Å². The van der Waals surface area contributed by atoms with Gasteiger partial charge < -0.3 is 10.2 Å². The first kappa shape index (κ1) is 15.9. The Morgan fingerprint density at radius 3 is 2.06 bits per heavy atom. The van der Waals surface area contributed by atoms with Crippen molar-refractivity contribution in [1.82, 2.24) is 10.2 Å². The summed E-state index contributed by atoms with van der Waals surface area (Å²) in [6.07, 6.45) is 3.77. The standard InChI is InChI=1S/C14H32N2/c1-8-11-12(4)13(15-10-3)14(5,9-2)16(6)7/h12-13,15H,8-11H2,1-7H3. The Kier molecular flexibility index (Phi) is 7.25. The number of likely N-dealkylation sites (N-methyl/N-ethyl adjacent to an activating group) is 2. The van der Waals surface area contributed by atoms with E-state index in [1.807, 2.05) is 0 Å². The van der Waals surface area contributed by atoms with Crippen LogP contribution >= 0.6 is 0 Å². The van der Waals surface area contributed by atoms with Gasteiger partial charge in [-0.1, -0.05) is 34.1 Å². The summed E-state index contributed by atoms with van der Waals surface area (Å²) in [5.74, 6) is 0.734. The molecule has 0 rings (SSSR count). The smallest absolute Gasteiger partial charge is 0.0328 e. The minimum Gasteiger partial charge on any atom is -0.312 e. The van der Waals surface area contributed by atoms with Crippen LogP contribution in [0.5, 0.6) is 0 Å². The second kappa shape index (κ2) is 7.29. The highest BCUT2D eigenvalue weighted by Crippen LogP contribution is 2.28. The Bertz CT molecular complexity index is 180. The molecule has 3 unspecified atom stereocenters. The Morgan fingerprint density at radius 2 is 1.75 bits per heavy atom. The van der Waals surface area contributed by atoms with E-state index in [1.165, 1.54) is 19.3 Å². The van der Waals surface area contributed by atoms with Crippen LogP contribution in [0.3, 0.4) is 0 Å². The molecule has 16 heavy (non-hydrogen) atoms. The van der Waals surface area contributed by atoms with Crippen molar-refractivity contribution in [2.24, 2.45) is 5.92 Å². The van der Waals surface area contributed by atoms with E-state index in [-0.39, 0.29) is 5.54 Å². The molecule has 0 aromatic rings. The van der Waals surface area contributed by atoms with E-state index in [0.717, 1.165) is 12.5 Å². The van der Waals surface area contributed by atoms with Gasteiger partial charge in [-0.2, -0.15) is 0 Å². The fraction of sp³-hybridized carbons (Fsp3) is 1.00. The van der Waals surface area contributed by atoms with Crippen LogP contribution in [0.1, 0.15) is 53.9 Å². The lowest BCUT2D eigenvalue weighted by atomic mass is 9.79. The number of hydrogen-bond donors (Lipinski definition) is 1. The zero-order valence-electron chi connectivity index (χ0n) is 12.4. The lowest BCUT2D eigenvalue weighted by Crippen LogP contribution is -2.59. The first-order chi connectivity index (χ1) is 7.43. The van der Waals surface area contributed by atoms with Crippen molar-refractivity contribution in [1.29, 1.82) is 0 Å². The summed E-state index contributed by atoms with van der Waals surface area (Å²) in [6.45, 7) is 12.6. The molecule has 0 bridgehead atoms. The van der Waals surface area contributed by atoms with Crippen molar-refractivity contribution in [2.45, 2.75) is 65.5 Å². The zero-order chi connectivity index (χ0) is 12.8. The average molecular weight is 228 g/mol. The molecule has 0 saturated carbocycles. The van der Waals surface area contributed by atoms with Crippen LogP contribution in [0.15, 0.2) is 0 Å². The largest absolute Gasteiger partial charge is 0.312 e. The van der Waals surface area contributed by atoms with Crippen LogP contribution in [0.25, 0.3) is 0 Å². The molecule has 0 aliphatic carbocycles. The fourth-order valence-corrected chi connectivity index (χ4v) is 2.69. The van der Waals surface area contributed by atoms with Crippen LogP contribution in [-0.4, -0.2) is 37.1 Å². The normalized spacial score (nSPS) is 19.5. The van der Waals surface area contributed by atoms with E-state index in [1.54, 1.807) is 0 Å². The van der Waals surface area contributed by atoms with E-state index >= 15 is 0 Å². The monoisotopic (exact) mass is 228 g/mol. The summed E-state index contributed by atoms with van der Waals surface area (Å²) < 4.78 is 0. The average Bonchev–Trinajstić information content (AvgIpc) is 2.24. The van der Waals surface area contributed by atoms with Crippen LogP contribution < -0.4 is 5.32 Å². The van der Waals surface area contributed by atoms with Crippen LogP contribution in [0.2, 0.25) is 0 Å². The quantitative estimate of drug-likeness (QED) is 0.686. The third-order valence-electron chi connectivity index (χ3n) is 4.14. The maximum Gasteiger partial charge on any atom is 0.0328 e. The molecule has 0 heterocycles. The van der Waals surface area contributed by atoms with Crippen molar-refractivity contribution in [3.05, 3.63) is 0 Å². The SMILES string of the molecule is CCCC(C)C(NCC)C(C)(CC)N(C)C. The van der Waals surface area contributed by atoms with Crippen LogP contribution in [0.4, 0.5) is 0 Å². The molecule has 0 spiro atoms. The zero-order valence-corrected chi connectivity index (χ0v) is 12.4. The first-order valence-electron chi connectivity index (χ1n) is 6.84. The van der Waals surface area contributed by atoms with Gasteiger partial charge >= 0.3 is 0 Å². The molecule has 0 aromatic carbocycles. The molecule has 0 saturated heterocycles. The maximum atomic E-state index is 3.70. The predicted molar refractivity (Wildman–Crippen MR) is 73.9 cm³/mol. The minimum atomic E-state index is 0.255. The molecule has 3 atom stereocenters. The van der Waals surface area contributed by atoms with Gasteiger partial charge in [0.15, 0.2) is 0 Å². The summed E-state index contributed by atoms with van der Waals surface area (Å²) in [5.41, 5.74) is 0.255. The second-order valence-corrected chi connectivity index (χ2v) is 5.41. The highest BCUT2D eigenvalue weighted by Gasteiger charge is 2.36. The molecule has 0 fully saturated rings. The van der Waals surface area contributed by atoms with Gasteiger partial charge in [-0.15, -0.1) is 0 Å². The van der Waals surface area contributed by atoms with E-state index in [0.29, 0.717) is 6.04 Å². The Morgan fingerprint density at radius 1 is 1.19 bits per heavy atom. The van der Waals surface area contributed by atoms with Gasteiger partial charge in [-0.05, 0) is 46.3 Å². The molecule has 1 N–H and O–H groups in total. The summed E-state index contributed by atoms with van der Waals surface area (Å²) in [5, 5.41) is 3.70. The summed E-state index contributed by atoms with van der Waals surface area (Å²) in [7, 11) is 4.40. The van der Waals surface area contributed by atoms with Gasteiger partial charge in [0, 0.05) is 11.6 Å². The topological polar surface area (TPSA) is 15.3 Å². The molecule has 0 amide bonds. The third kappa shape index (κ3) is 3.74. The molecule has 0 aliphatic rings.